The number of aryl methyl sites for hydroxylation is 1. The molecule has 0 saturated carbocycles. The molecule has 3 heterocycles. The molecule has 0 unspecified atom stereocenters. The van der Waals surface area contributed by atoms with Crippen molar-refractivity contribution in [2.24, 2.45) is 0 Å². The van der Waals surface area contributed by atoms with Crippen LogP contribution < -0.4 is 10.2 Å². The number of nitrogens with one attached hydrogen (secondary N) is 1. The average molecular weight is 353 g/mol. The molecule has 1 aromatic heterocycles. The molecular formula is C19H23N5O2. The zero-order valence-electron chi connectivity index (χ0n) is 15.1. The molecule has 1 N–H and O–H groups in total. The van der Waals surface area contributed by atoms with Gasteiger partial charge in [-0.2, -0.15) is 5.10 Å². The number of urea groups is 1. The van der Waals surface area contributed by atoms with E-state index < -0.39 is 0 Å². The van der Waals surface area contributed by atoms with Crippen LogP contribution in [0.2, 0.25) is 0 Å². The Hall–Kier alpha value is -2.83. The summed E-state index contributed by atoms with van der Waals surface area (Å²) in [7, 11) is 1.80. The van der Waals surface area contributed by atoms with Gasteiger partial charge < -0.3 is 15.1 Å². The molecule has 7 heteroatoms. The number of rotatable bonds is 1. The monoisotopic (exact) mass is 353 g/mol. The van der Waals surface area contributed by atoms with Crippen LogP contribution in [0.4, 0.5) is 16.3 Å². The molecule has 3 amide bonds. The first kappa shape index (κ1) is 16.6. The van der Waals surface area contributed by atoms with Gasteiger partial charge in [-0.15, -0.1) is 0 Å². The number of piperidine rings is 1. The summed E-state index contributed by atoms with van der Waals surface area (Å²) in [5, 5.41) is 7.59. The lowest BCUT2D eigenvalue weighted by Crippen LogP contribution is -2.54. The lowest BCUT2D eigenvalue weighted by Gasteiger charge is -2.45. The second kappa shape index (κ2) is 6.16. The van der Waals surface area contributed by atoms with E-state index in [0.717, 1.165) is 30.0 Å². The normalized spacial score (nSPS) is 18.8. The number of amides is 3. The predicted molar refractivity (Wildman–Crippen MR) is 99.2 cm³/mol. The highest BCUT2D eigenvalue weighted by molar-refractivity contribution is 5.94. The Balaban J connectivity index is 1.50. The first-order chi connectivity index (χ1) is 12.5. The summed E-state index contributed by atoms with van der Waals surface area (Å²) in [4.78, 5) is 28.5. The third-order valence-corrected chi connectivity index (χ3v) is 5.47. The largest absolute Gasteiger partial charge is 0.324 e. The Morgan fingerprint density at radius 3 is 2.58 bits per heavy atom. The van der Waals surface area contributed by atoms with E-state index in [0.29, 0.717) is 19.5 Å². The molecule has 1 spiro atoms. The van der Waals surface area contributed by atoms with E-state index in [1.165, 1.54) is 0 Å². The standard InChI is InChI=1S/C19H23N5O2/c1-14-12-16-22(2)17(25)13-19(24(16)21-14)8-10-23(11-9-19)18(26)20-15-6-4-3-5-7-15/h3-7,12H,8-11,13H2,1-2H3,(H,20,26). The molecule has 2 aliphatic rings. The van der Waals surface area contributed by atoms with Gasteiger partial charge in [-0.3, -0.25) is 4.79 Å². The maximum atomic E-state index is 12.5. The van der Waals surface area contributed by atoms with Crippen molar-refractivity contribution in [1.29, 1.82) is 0 Å². The van der Waals surface area contributed by atoms with Gasteiger partial charge in [0, 0.05) is 31.9 Å². The molecule has 26 heavy (non-hydrogen) atoms. The summed E-state index contributed by atoms with van der Waals surface area (Å²) >= 11 is 0. The molecule has 0 radical (unpaired) electrons. The first-order valence-corrected chi connectivity index (χ1v) is 8.93. The fourth-order valence-corrected chi connectivity index (χ4v) is 3.92. The number of hydrogen-bond acceptors (Lipinski definition) is 3. The van der Waals surface area contributed by atoms with Crippen molar-refractivity contribution >= 4 is 23.4 Å². The van der Waals surface area contributed by atoms with Crippen molar-refractivity contribution in [2.45, 2.75) is 31.7 Å². The number of carbonyl (C=O) groups is 2. The summed E-state index contributed by atoms with van der Waals surface area (Å²) in [6, 6.07) is 11.3. The SMILES string of the molecule is Cc1cc2n(n1)C1(CCN(C(=O)Nc3ccccc3)CC1)CC(=O)N2C. The number of fused-ring (bicyclic) bond motifs is 2. The van der Waals surface area contributed by atoms with Gasteiger partial charge >= 0.3 is 6.03 Å². The number of anilines is 2. The van der Waals surface area contributed by atoms with Crippen molar-refractivity contribution in [3.63, 3.8) is 0 Å². The molecule has 1 aromatic carbocycles. The van der Waals surface area contributed by atoms with Crippen LogP contribution >= 0.6 is 0 Å². The number of benzene rings is 1. The van der Waals surface area contributed by atoms with Crippen LogP contribution in [0.25, 0.3) is 0 Å². The molecule has 136 valence electrons. The van der Waals surface area contributed by atoms with Crippen molar-refractivity contribution in [1.82, 2.24) is 14.7 Å². The number of hydrogen-bond donors (Lipinski definition) is 1. The fourth-order valence-electron chi connectivity index (χ4n) is 3.92. The van der Waals surface area contributed by atoms with Crippen molar-refractivity contribution in [3.8, 4) is 0 Å². The smallest absolute Gasteiger partial charge is 0.321 e. The van der Waals surface area contributed by atoms with Crippen LogP contribution in [-0.2, 0) is 10.3 Å². The molecule has 0 bridgehead atoms. The van der Waals surface area contributed by atoms with Gasteiger partial charge in [-0.05, 0) is 31.9 Å². The first-order valence-electron chi connectivity index (χ1n) is 8.93. The van der Waals surface area contributed by atoms with Gasteiger partial charge in [0.1, 0.15) is 5.82 Å². The van der Waals surface area contributed by atoms with Gasteiger partial charge in [0.15, 0.2) is 0 Å². The highest BCUT2D eigenvalue weighted by Crippen LogP contribution is 2.40. The minimum Gasteiger partial charge on any atom is -0.324 e. The van der Waals surface area contributed by atoms with Gasteiger partial charge in [0.25, 0.3) is 0 Å². The molecule has 1 fully saturated rings. The third-order valence-electron chi connectivity index (χ3n) is 5.47. The summed E-state index contributed by atoms with van der Waals surface area (Å²) < 4.78 is 2.01. The number of aromatic nitrogens is 2. The van der Waals surface area contributed by atoms with Crippen molar-refractivity contribution in [2.75, 3.05) is 30.4 Å². The zero-order valence-corrected chi connectivity index (χ0v) is 15.1. The Kier molecular flexibility index (Phi) is 3.94. The van der Waals surface area contributed by atoms with E-state index >= 15 is 0 Å². The summed E-state index contributed by atoms with van der Waals surface area (Å²) in [6.07, 6.45) is 1.89. The van der Waals surface area contributed by atoms with E-state index in [-0.39, 0.29) is 17.5 Å². The van der Waals surface area contributed by atoms with E-state index in [2.05, 4.69) is 10.4 Å². The quantitative estimate of drug-likeness (QED) is 0.857. The van der Waals surface area contributed by atoms with E-state index in [9.17, 15) is 9.59 Å². The summed E-state index contributed by atoms with van der Waals surface area (Å²) in [5.74, 6) is 0.959. The fraction of sp³-hybridized carbons (Fsp3) is 0.421. The molecule has 7 nitrogen and oxygen atoms in total. The van der Waals surface area contributed by atoms with E-state index in [4.69, 9.17) is 0 Å². The molecule has 1 saturated heterocycles. The average Bonchev–Trinajstić information content (AvgIpc) is 3.04. The lowest BCUT2D eigenvalue weighted by atomic mass is 9.83. The molecule has 0 atom stereocenters. The lowest BCUT2D eigenvalue weighted by molar-refractivity contribution is -0.122. The van der Waals surface area contributed by atoms with Gasteiger partial charge in [0.2, 0.25) is 5.91 Å². The minimum absolute atomic E-state index is 0.0952. The highest BCUT2D eigenvalue weighted by atomic mass is 16.2. The van der Waals surface area contributed by atoms with Crippen LogP contribution in [-0.4, -0.2) is 46.8 Å². The number of likely N-dealkylation sites (tertiary alicyclic amines) is 1. The topological polar surface area (TPSA) is 70.5 Å². The molecule has 2 aromatic rings. The Morgan fingerprint density at radius 2 is 1.88 bits per heavy atom. The number of para-hydroxylation sites is 1. The summed E-state index contributed by atoms with van der Waals surface area (Å²) in [6.45, 7) is 3.15. The highest BCUT2D eigenvalue weighted by Gasteiger charge is 2.45. The second-order valence-electron chi connectivity index (χ2n) is 7.19. The van der Waals surface area contributed by atoms with E-state index in [1.54, 1.807) is 11.9 Å². The minimum atomic E-state index is -0.323. The van der Waals surface area contributed by atoms with Gasteiger partial charge in [-0.25, -0.2) is 9.48 Å². The van der Waals surface area contributed by atoms with Crippen molar-refractivity contribution in [3.05, 3.63) is 42.1 Å². The van der Waals surface area contributed by atoms with Crippen LogP contribution in [0.15, 0.2) is 36.4 Å². The van der Waals surface area contributed by atoms with Gasteiger partial charge in [-0.1, -0.05) is 18.2 Å². The maximum Gasteiger partial charge on any atom is 0.321 e. The van der Waals surface area contributed by atoms with Crippen LogP contribution in [0.3, 0.4) is 0 Å². The summed E-state index contributed by atoms with van der Waals surface area (Å²) in [5.41, 5.74) is 1.37. The van der Waals surface area contributed by atoms with Crippen LogP contribution in [0.5, 0.6) is 0 Å². The molecule has 2 aliphatic heterocycles. The van der Waals surface area contributed by atoms with Crippen LogP contribution in [0, 0.1) is 6.92 Å². The molecule has 0 aliphatic carbocycles. The third kappa shape index (κ3) is 2.73. The Morgan fingerprint density at radius 1 is 1.19 bits per heavy atom. The van der Waals surface area contributed by atoms with E-state index in [1.807, 2.05) is 52.9 Å². The van der Waals surface area contributed by atoms with Crippen molar-refractivity contribution < 1.29 is 9.59 Å². The molecule has 4 rings (SSSR count). The number of carbonyl (C=O) groups excluding carboxylic acids is 2. The maximum absolute atomic E-state index is 12.5. The zero-order chi connectivity index (χ0) is 18.3. The molecular weight excluding hydrogens is 330 g/mol. The predicted octanol–water partition coefficient (Wildman–Crippen LogP) is 2.58. The Labute approximate surface area is 152 Å². The van der Waals surface area contributed by atoms with Crippen LogP contribution in [0.1, 0.15) is 25.0 Å². The van der Waals surface area contributed by atoms with Gasteiger partial charge in [0.05, 0.1) is 17.7 Å². The number of nitrogens with zero attached hydrogens (tertiary/aromatic N) is 4. The Bertz CT molecular complexity index is 837. The second-order valence-corrected chi connectivity index (χ2v) is 7.19.